The molecule has 1 heterocycles. The van der Waals surface area contributed by atoms with Gasteiger partial charge in [-0.25, -0.2) is 0 Å². The molecule has 1 atom stereocenters. The molecule has 1 unspecified atom stereocenters. The third-order valence-corrected chi connectivity index (χ3v) is 4.18. The van der Waals surface area contributed by atoms with Crippen molar-refractivity contribution >= 4 is 11.7 Å². The lowest BCUT2D eigenvalue weighted by molar-refractivity contribution is -0.129. The van der Waals surface area contributed by atoms with Crippen molar-refractivity contribution in [2.24, 2.45) is 0 Å². The molecule has 23 heavy (non-hydrogen) atoms. The van der Waals surface area contributed by atoms with E-state index in [1.165, 1.54) is 0 Å². The molecule has 1 fully saturated rings. The summed E-state index contributed by atoms with van der Waals surface area (Å²) in [6.45, 7) is 0.430. The summed E-state index contributed by atoms with van der Waals surface area (Å²) in [7, 11) is 1.61. The van der Waals surface area contributed by atoms with Crippen LogP contribution in [0.15, 0.2) is 54.6 Å². The van der Waals surface area contributed by atoms with Crippen LogP contribution in [0, 0.1) is 0 Å². The maximum Gasteiger partial charge on any atom is 0.223 e. The lowest BCUT2D eigenvalue weighted by Crippen LogP contribution is -2.38. The number of methoxy groups -OCH3 is 1. The number of carbonyl (C=O) groups is 2. The summed E-state index contributed by atoms with van der Waals surface area (Å²) in [4.78, 5) is 26.6. The second-order valence-electron chi connectivity index (χ2n) is 5.66. The lowest BCUT2D eigenvalue weighted by atomic mass is 10.0. The highest BCUT2D eigenvalue weighted by atomic mass is 16.5. The Morgan fingerprint density at radius 2 is 1.96 bits per heavy atom. The number of amides is 1. The Kier molecular flexibility index (Phi) is 4.42. The van der Waals surface area contributed by atoms with E-state index in [-0.39, 0.29) is 17.7 Å². The maximum atomic E-state index is 12.7. The molecule has 0 radical (unpaired) electrons. The Labute approximate surface area is 135 Å². The Morgan fingerprint density at radius 3 is 2.70 bits per heavy atom. The normalized spacial score (nSPS) is 17.3. The zero-order chi connectivity index (χ0) is 16.2. The highest BCUT2D eigenvalue weighted by Gasteiger charge is 2.36. The van der Waals surface area contributed by atoms with Crippen molar-refractivity contribution in [2.45, 2.75) is 25.4 Å². The summed E-state index contributed by atoms with van der Waals surface area (Å²) < 4.78 is 5.22. The van der Waals surface area contributed by atoms with Crippen LogP contribution in [0.1, 0.15) is 28.8 Å². The summed E-state index contributed by atoms with van der Waals surface area (Å²) >= 11 is 0. The quantitative estimate of drug-likeness (QED) is 0.797. The SMILES string of the molecule is COc1cccc(CN2C(=O)CCC2C(=O)c2ccccc2)c1. The van der Waals surface area contributed by atoms with Gasteiger partial charge in [-0.3, -0.25) is 9.59 Å². The summed E-state index contributed by atoms with van der Waals surface area (Å²) in [5.74, 6) is 0.793. The van der Waals surface area contributed by atoms with E-state index in [0.717, 1.165) is 11.3 Å². The molecule has 2 aromatic carbocycles. The summed E-state index contributed by atoms with van der Waals surface area (Å²) in [6.07, 6.45) is 1.00. The van der Waals surface area contributed by atoms with E-state index < -0.39 is 0 Å². The number of rotatable bonds is 5. The largest absolute Gasteiger partial charge is 0.497 e. The molecule has 118 valence electrons. The number of benzene rings is 2. The molecule has 4 heteroatoms. The van der Waals surface area contributed by atoms with Gasteiger partial charge in [-0.15, -0.1) is 0 Å². The molecule has 1 aliphatic heterocycles. The van der Waals surface area contributed by atoms with E-state index in [0.29, 0.717) is 24.9 Å². The Hall–Kier alpha value is -2.62. The first-order valence-corrected chi connectivity index (χ1v) is 7.70. The molecule has 0 bridgehead atoms. The van der Waals surface area contributed by atoms with Crippen molar-refractivity contribution in [3.8, 4) is 5.75 Å². The van der Waals surface area contributed by atoms with Crippen molar-refractivity contribution in [3.63, 3.8) is 0 Å². The fraction of sp³-hybridized carbons (Fsp3) is 0.263. The van der Waals surface area contributed by atoms with Crippen LogP contribution in [-0.4, -0.2) is 29.7 Å². The molecule has 0 N–H and O–H groups in total. The van der Waals surface area contributed by atoms with Gasteiger partial charge in [0.25, 0.3) is 0 Å². The maximum absolute atomic E-state index is 12.7. The van der Waals surface area contributed by atoms with Gasteiger partial charge < -0.3 is 9.64 Å². The Balaban J connectivity index is 1.81. The number of Topliss-reactive ketones (excluding diaryl/α,β-unsaturated/α-hetero) is 1. The zero-order valence-electron chi connectivity index (χ0n) is 13.1. The van der Waals surface area contributed by atoms with Gasteiger partial charge in [0.15, 0.2) is 5.78 Å². The minimum atomic E-state index is -0.379. The van der Waals surface area contributed by atoms with Crippen LogP contribution in [0.2, 0.25) is 0 Å². The lowest BCUT2D eigenvalue weighted by Gasteiger charge is -2.24. The smallest absolute Gasteiger partial charge is 0.223 e. The van der Waals surface area contributed by atoms with E-state index in [9.17, 15) is 9.59 Å². The van der Waals surface area contributed by atoms with Crippen molar-refractivity contribution in [2.75, 3.05) is 7.11 Å². The monoisotopic (exact) mass is 309 g/mol. The van der Waals surface area contributed by atoms with Crippen molar-refractivity contribution in [3.05, 3.63) is 65.7 Å². The van der Waals surface area contributed by atoms with Gasteiger partial charge in [0.2, 0.25) is 5.91 Å². The topological polar surface area (TPSA) is 46.6 Å². The Bertz CT molecular complexity index is 712. The first-order valence-electron chi connectivity index (χ1n) is 7.70. The van der Waals surface area contributed by atoms with E-state index in [1.54, 1.807) is 24.1 Å². The second-order valence-corrected chi connectivity index (χ2v) is 5.66. The van der Waals surface area contributed by atoms with Gasteiger partial charge >= 0.3 is 0 Å². The Morgan fingerprint density at radius 1 is 1.17 bits per heavy atom. The number of ketones is 1. The van der Waals surface area contributed by atoms with Crippen LogP contribution in [-0.2, 0) is 11.3 Å². The van der Waals surface area contributed by atoms with E-state index in [1.807, 2.05) is 42.5 Å². The van der Waals surface area contributed by atoms with Crippen LogP contribution in [0.5, 0.6) is 5.75 Å². The molecule has 1 saturated heterocycles. The number of nitrogens with zero attached hydrogens (tertiary/aromatic N) is 1. The number of likely N-dealkylation sites (tertiary alicyclic amines) is 1. The average molecular weight is 309 g/mol. The van der Waals surface area contributed by atoms with Gasteiger partial charge in [0.05, 0.1) is 13.2 Å². The fourth-order valence-electron chi connectivity index (χ4n) is 2.97. The average Bonchev–Trinajstić information content (AvgIpc) is 2.96. The standard InChI is InChI=1S/C19H19NO3/c1-23-16-9-5-6-14(12-16)13-20-17(10-11-18(20)21)19(22)15-7-3-2-4-8-15/h2-9,12,17H,10-11,13H2,1H3. The van der Waals surface area contributed by atoms with E-state index in [4.69, 9.17) is 4.74 Å². The van der Waals surface area contributed by atoms with Gasteiger partial charge in [-0.1, -0.05) is 42.5 Å². The third kappa shape index (κ3) is 3.26. The van der Waals surface area contributed by atoms with Crippen molar-refractivity contribution in [1.29, 1.82) is 0 Å². The van der Waals surface area contributed by atoms with Crippen LogP contribution < -0.4 is 4.74 Å². The molecule has 2 aromatic rings. The first-order chi connectivity index (χ1) is 11.2. The molecular weight excluding hydrogens is 290 g/mol. The van der Waals surface area contributed by atoms with Crippen LogP contribution >= 0.6 is 0 Å². The summed E-state index contributed by atoms with van der Waals surface area (Å²) in [6, 6.07) is 16.4. The van der Waals surface area contributed by atoms with Crippen LogP contribution in [0.25, 0.3) is 0 Å². The fourth-order valence-corrected chi connectivity index (χ4v) is 2.97. The molecule has 0 saturated carbocycles. The van der Waals surface area contributed by atoms with Gasteiger partial charge in [-0.2, -0.15) is 0 Å². The van der Waals surface area contributed by atoms with Crippen LogP contribution in [0.4, 0.5) is 0 Å². The molecule has 0 spiro atoms. The van der Waals surface area contributed by atoms with Gasteiger partial charge in [0.1, 0.15) is 5.75 Å². The van der Waals surface area contributed by atoms with E-state index >= 15 is 0 Å². The number of ether oxygens (including phenoxy) is 1. The molecule has 1 amide bonds. The minimum Gasteiger partial charge on any atom is -0.497 e. The molecule has 4 nitrogen and oxygen atoms in total. The van der Waals surface area contributed by atoms with Crippen molar-refractivity contribution in [1.82, 2.24) is 4.90 Å². The highest BCUT2D eigenvalue weighted by Crippen LogP contribution is 2.25. The highest BCUT2D eigenvalue weighted by molar-refractivity contribution is 6.03. The molecule has 0 aliphatic carbocycles. The molecular formula is C19H19NO3. The third-order valence-electron chi connectivity index (χ3n) is 4.18. The van der Waals surface area contributed by atoms with Gasteiger partial charge in [-0.05, 0) is 24.1 Å². The van der Waals surface area contributed by atoms with Gasteiger partial charge in [0, 0.05) is 18.5 Å². The zero-order valence-corrected chi connectivity index (χ0v) is 13.1. The molecule has 0 aromatic heterocycles. The van der Waals surface area contributed by atoms with Crippen molar-refractivity contribution < 1.29 is 14.3 Å². The summed E-state index contributed by atoms with van der Waals surface area (Å²) in [5.41, 5.74) is 1.62. The number of hydrogen-bond donors (Lipinski definition) is 0. The predicted octanol–water partition coefficient (Wildman–Crippen LogP) is 3.07. The van der Waals surface area contributed by atoms with Crippen LogP contribution in [0.3, 0.4) is 0 Å². The molecule has 3 rings (SSSR count). The first kappa shape index (κ1) is 15.3. The minimum absolute atomic E-state index is 0.0133. The predicted molar refractivity (Wildman–Crippen MR) is 87.3 cm³/mol. The summed E-state index contributed by atoms with van der Waals surface area (Å²) in [5, 5.41) is 0. The second kappa shape index (κ2) is 6.65. The van der Waals surface area contributed by atoms with E-state index in [2.05, 4.69) is 0 Å². The number of hydrogen-bond acceptors (Lipinski definition) is 3. The molecule has 1 aliphatic rings. The number of carbonyl (C=O) groups excluding carboxylic acids is 2.